The fourth-order valence-corrected chi connectivity index (χ4v) is 5.46. The van der Waals surface area contributed by atoms with Crippen molar-refractivity contribution in [2.24, 2.45) is 0 Å². The number of nitrogen functional groups attached to an aromatic ring is 1. The molecule has 3 heterocycles. The minimum atomic E-state index is -0.0260. The maximum atomic E-state index is 13.5. The second-order valence-corrected chi connectivity index (χ2v) is 9.99. The van der Waals surface area contributed by atoms with Gasteiger partial charge in [-0.3, -0.25) is 19.7 Å². The number of aliphatic hydroxyl groups excluding tert-OH is 1. The fourth-order valence-electron chi connectivity index (χ4n) is 5.46. The van der Waals surface area contributed by atoms with E-state index in [0.29, 0.717) is 17.8 Å². The predicted octanol–water partition coefficient (Wildman–Crippen LogP) is 3.59. The van der Waals surface area contributed by atoms with Crippen molar-refractivity contribution >= 4 is 40.3 Å². The van der Waals surface area contributed by atoms with Gasteiger partial charge in [0.25, 0.3) is 5.91 Å². The summed E-state index contributed by atoms with van der Waals surface area (Å²) in [5.74, 6) is -0.0260. The fraction of sp³-hybridized carbons (Fsp3) is 0.267. The Morgan fingerprint density at radius 1 is 0.974 bits per heavy atom. The summed E-state index contributed by atoms with van der Waals surface area (Å²) < 4.78 is 0. The van der Waals surface area contributed by atoms with Crippen LogP contribution in [0.1, 0.15) is 32.7 Å². The van der Waals surface area contributed by atoms with Crippen molar-refractivity contribution in [3.05, 3.63) is 88.6 Å². The molecule has 0 aliphatic carbocycles. The molecule has 1 aromatic heterocycles. The number of benzene rings is 3. The molecule has 0 bridgehead atoms. The van der Waals surface area contributed by atoms with Crippen LogP contribution < -0.4 is 10.6 Å². The second-order valence-electron chi connectivity index (χ2n) is 9.99. The van der Waals surface area contributed by atoms with Crippen molar-refractivity contribution in [1.29, 1.82) is 0 Å². The second kappa shape index (κ2) is 10.4. The van der Waals surface area contributed by atoms with Gasteiger partial charge >= 0.3 is 0 Å². The van der Waals surface area contributed by atoms with Crippen LogP contribution in [-0.4, -0.2) is 70.3 Å². The van der Waals surface area contributed by atoms with Crippen LogP contribution in [0.2, 0.25) is 0 Å². The Balaban J connectivity index is 1.31. The number of β-amino-alcohol motifs (C(OH)–C–C–N with tert-alkyl or cyclic N) is 1. The van der Waals surface area contributed by atoms with Gasteiger partial charge in [-0.05, 0) is 41.5 Å². The molecule has 8 nitrogen and oxygen atoms in total. The molecule has 0 saturated carbocycles. The van der Waals surface area contributed by atoms with Crippen LogP contribution >= 0.6 is 0 Å². The summed E-state index contributed by atoms with van der Waals surface area (Å²) in [6.45, 7) is 5.99. The highest BCUT2D eigenvalue weighted by molar-refractivity contribution is 6.12. The largest absolute Gasteiger partial charge is 0.398 e. The van der Waals surface area contributed by atoms with Crippen molar-refractivity contribution < 1.29 is 9.90 Å². The SMILES string of the molecule is Nc1cccc2c1CN(c1cc(CN3CCN(CCO)CC3)ccc1C=Cc1n[nH]c3ccccc13)C2=O. The summed E-state index contributed by atoms with van der Waals surface area (Å²) >= 11 is 0. The number of fused-ring (bicyclic) bond motifs is 2. The lowest BCUT2D eigenvalue weighted by Gasteiger charge is -2.34. The monoisotopic (exact) mass is 508 g/mol. The zero-order chi connectivity index (χ0) is 26.1. The Kier molecular flexibility index (Phi) is 6.68. The normalized spacial score (nSPS) is 16.7. The van der Waals surface area contributed by atoms with Gasteiger partial charge in [0.15, 0.2) is 0 Å². The van der Waals surface area contributed by atoms with Gasteiger partial charge in [0, 0.05) is 61.5 Å². The van der Waals surface area contributed by atoms with E-state index in [4.69, 9.17) is 5.73 Å². The highest BCUT2D eigenvalue weighted by Crippen LogP contribution is 2.35. The minimum absolute atomic E-state index is 0.0260. The van der Waals surface area contributed by atoms with Crippen molar-refractivity contribution in [2.45, 2.75) is 13.1 Å². The Hall–Kier alpha value is -3.98. The van der Waals surface area contributed by atoms with E-state index in [2.05, 4.69) is 38.2 Å². The number of aromatic amines is 1. The van der Waals surface area contributed by atoms with Gasteiger partial charge in [-0.1, -0.05) is 42.5 Å². The third-order valence-corrected chi connectivity index (χ3v) is 7.60. The van der Waals surface area contributed by atoms with Crippen molar-refractivity contribution in [3.63, 3.8) is 0 Å². The minimum Gasteiger partial charge on any atom is -0.398 e. The maximum Gasteiger partial charge on any atom is 0.259 e. The molecule has 2 aliphatic heterocycles. The molecule has 8 heteroatoms. The lowest BCUT2D eigenvalue weighted by molar-refractivity contribution is 0.0996. The lowest BCUT2D eigenvalue weighted by Crippen LogP contribution is -2.46. The molecule has 194 valence electrons. The first-order chi connectivity index (χ1) is 18.6. The van der Waals surface area contributed by atoms with Crippen LogP contribution in [0.4, 0.5) is 11.4 Å². The molecule has 1 amide bonds. The van der Waals surface area contributed by atoms with Gasteiger partial charge in [0.2, 0.25) is 0 Å². The summed E-state index contributed by atoms with van der Waals surface area (Å²) in [6, 6.07) is 20.0. The molecular formula is C30H32N6O2. The number of carbonyl (C=O) groups is 1. The molecular weight excluding hydrogens is 476 g/mol. The number of rotatable bonds is 7. The molecule has 1 fully saturated rings. The zero-order valence-corrected chi connectivity index (χ0v) is 21.3. The van der Waals surface area contributed by atoms with Crippen LogP contribution in [0.3, 0.4) is 0 Å². The van der Waals surface area contributed by atoms with Crippen molar-refractivity contribution in [3.8, 4) is 0 Å². The number of nitrogens with one attached hydrogen (secondary N) is 1. The molecule has 4 aromatic rings. The number of piperazine rings is 1. The molecule has 4 N–H and O–H groups in total. The van der Waals surface area contributed by atoms with Crippen LogP contribution in [0.25, 0.3) is 23.1 Å². The summed E-state index contributed by atoms with van der Waals surface area (Å²) in [6.07, 6.45) is 4.04. The number of aliphatic hydroxyl groups is 1. The van der Waals surface area contributed by atoms with Gasteiger partial charge in [-0.2, -0.15) is 5.10 Å². The number of amides is 1. The first-order valence-electron chi connectivity index (χ1n) is 13.1. The smallest absolute Gasteiger partial charge is 0.259 e. The standard InChI is InChI=1S/C30H32N6O2/c31-26-6-3-5-23-25(26)20-36(30(23)38)29-18-21(19-35-14-12-34(13-15-35)16-17-37)8-9-22(29)10-11-28-24-4-1-2-7-27(24)32-33-28/h1-11,18,37H,12-17,19-20,31H2,(H,32,33). The molecule has 3 aromatic carbocycles. The number of nitrogens with zero attached hydrogens (tertiary/aromatic N) is 4. The maximum absolute atomic E-state index is 13.5. The number of nitrogens with two attached hydrogens (primary N) is 1. The third kappa shape index (κ3) is 4.69. The van der Waals surface area contributed by atoms with Crippen LogP contribution in [-0.2, 0) is 13.1 Å². The highest BCUT2D eigenvalue weighted by atomic mass is 16.3. The molecule has 6 rings (SSSR count). The first-order valence-corrected chi connectivity index (χ1v) is 13.1. The first kappa shape index (κ1) is 24.4. The molecule has 1 saturated heterocycles. The van der Waals surface area contributed by atoms with E-state index in [-0.39, 0.29) is 12.5 Å². The molecule has 0 spiro atoms. The molecule has 2 aliphatic rings. The number of hydrogen-bond acceptors (Lipinski definition) is 6. The lowest BCUT2D eigenvalue weighted by atomic mass is 10.1. The van der Waals surface area contributed by atoms with Crippen molar-refractivity contribution in [1.82, 2.24) is 20.0 Å². The van der Waals surface area contributed by atoms with Gasteiger partial charge in [-0.25, -0.2) is 0 Å². The topological polar surface area (TPSA) is 102 Å². The third-order valence-electron chi connectivity index (χ3n) is 7.60. The summed E-state index contributed by atoms with van der Waals surface area (Å²) in [5, 5.41) is 17.8. The highest BCUT2D eigenvalue weighted by Gasteiger charge is 2.31. The molecule has 0 unspecified atom stereocenters. The van der Waals surface area contributed by atoms with Gasteiger partial charge in [0.05, 0.1) is 30.0 Å². The van der Waals surface area contributed by atoms with E-state index < -0.39 is 0 Å². The van der Waals surface area contributed by atoms with Gasteiger partial charge in [0.1, 0.15) is 0 Å². The quantitative estimate of drug-likeness (QED) is 0.330. The molecule has 0 atom stereocenters. The van der Waals surface area contributed by atoms with Crippen LogP contribution in [0.5, 0.6) is 0 Å². The molecule has 0 radical (unpaired) electrons. The Morgan fingerprint density at radius 3 is 2.61 bits per heavy atom. The average Bonchev–Trinajstić information content (AvgIpc) is 3.51. The van der Waals surface area contributed by atoms with E-state index in [1.54, 1.807) is 0 Å². The number of aromatic nitrogens is 2. The van der Waals surface area contributed by atoms with E-state index in [0.717, 1.165) is 78.2 Å². The number of para-hydroxylation sites is 1. The van der Waals surface area contributed by atoms with Gasteiger partial charge in [-0.15, -0.1) is 0 Å². The van der Waals surface area contributed by atoms with Crippen LogP contribution in [0, 0.1) is 0 Å². The average molecular weight is 509 g/mol. The summed E-state index contributed by atoms with van der Waals surface area (Å²) in [4.78, 5) is 20.1. The van der Waals surface area contributed by atoms with E-state index >= 15 is 0 Å². The number of H-pyrrole nitrogens is 1. The van der Waals surface area contributed by atoms with Gasteiger partial charge < -0.3 is 15.7 Å². The van der Waals surface area contributed by atoms with E-state index in [9.17, 15) is 9.90 Å². The Morgan fingerprint density at radius 2 is 1.79 bits per heavy atom. The number of hydrogen-bond donors (Lipinski definition) is 3. The van der Waals surface area contributed by atoms with Crippen LogP contribution in [0.15, 0.2) is 60.7 Å². The van der Waals surface area contributed by atoms with E-state index in [1.807, 2.05) is 59.5 Å². The zero-order valence-electron chi connectivity index (χ0n) is 21.3. The Labute approximate surface area is 222 Å². The van der Waals surface area contributed by atoms with Crippen molar-refractivity contribution in [2.75, 3.05) is 50.0 Å². The molecule has 38 heavy (non-hydrogen) atoms. The number of carbonyl (C=O) groups excluding carboxylic acids is 1. The van der Waals surface area contributed by atoms with E-state index in [1.165, 1.54) is 0 Å². The number of anilines is 2. The summed E-state index contributed by atoms with van der Waals surface area (Å²) in [5.41, 5.74) is 13.3. The summed E-state index contributed by atoms with van der Waals surface area (Å²) in [7, 11) is 0. The predicted molar refractivity (Wildman–Crippen MR) is 152 cm³/mol. The Bertz CT molecular complexity index is 1500.